The van der Waals surface area contributed by atoms with Crippen molar-refractivity contribution in [2.75, 3.05) is 26.1 Å². The number of ether oxygens (including phenoxy) is 2. The molecule has 2 rings (SSSR count). The molecule has 3 heteroatoms. The highest BCUT2D eigenvalue weighted by Gasteiger charge is 2.41. The van der Waals surface area contributed by atoms with Crippen LogP contribution < -0.4 is 4.74 Å². The summed E-state index contributed by atoms with van der Waals surface area (Å²) in [7, 11) is 1.74. The van der Waals surface area contributed by atoms with E-state index in [1.54, 1.807) is 7.11 Å². The SMILES string of the molecule is COc1c(C)cc(C2(CCS)COC2)c(C)c1C. The highest BCUT2D eigenvalue weighted by Crippen LogP contribution is 2.41. The second-order valence-corrected chi connectivity index (χ2v) is 5.72. The Bertz CT molecular complexity index is 450. The van der Waals surface area contributed by atoms with Crippen LogP contribution >= 0.6 is 12.6 Å². The van der Waals surface area contributed by atoms with Crippen LogP contribution in [0.1, 0.15) is 28.7 Å². The summed E-state index contributed by atoms with van der Waals surface area (Å²) in [5.41, 5.74) is 5.38. The van der Waals surface area contributed by atoms with E-state index in [4.69, 9.17) is 9.47 Å². The molecule has 0 radical (unpaired) electrons. The molecule has 0 unspecified atom stereocenters. The molecule has 0 aromatic heterocycles. The van der Waals surface area contributed by atoms with Crippen LogP contribution in [-0.2, 0) is 10.2 Å². The molecule has 2 nitrogen and oxygen atoms in total. The summed E-state index contributed by atoms with van der Waals surface area (Å²) in [5, 5.41) is 0. The first kappa shape index (κ1) is 13.8. The first-order valence-electron chi connectivity index (χ1n) is 6.39. The minimum Gasteiger partial charge on any atom is -0.496 e. The molecule has 0 saturated carbocycles. The van der Waals surface area contributed by atoms with E-state index >= 15 is 0 Å². The molecule has 0 spiro atoms. The third-order valence-electron chi connectivity index (χ3n) is 4.15. The number of thiol groups is 1. The van der Waals surface area contributed by atoms with Crippen molar-refractivity contribution >= 4 is 12.6 Å². The molecule has 1 aromatic carbocycles. The molecule has 0 N–H and O–H groups in total. The topological polar surface area (TPSA) is 18.5 Å². The van der Waals surface area contributed by atoms with Crippen LogP contribution in [0.4, 0.5) is 0 Å². The van der Waals surface area contributed by atoms with E-state index in [0.29, 0.717) is 0 Å². The predicted octanol–water partition coefficient (Wildman–Crippen LogP) is 3.21. The second kappa shape index (κ2) is 5.14. The molecule has 1 aliphatic heterocycles. The Morgan fingerprint density at radius 3 is 2.39 bits per heavy atom. The largest absolute Gasteiger partial charge is 0.496 e. The normalized spacial score (nSPS) is 17.4. The Kier molecular flexibility index (Phi) is 3.93. The van der Waals surface area contributed by atoms with Crippen molar-refractivity contribution in [1.29, 1.82) is 0 Å². The van der Waals surface area contributed by atoms with Crippen LogP contribution in [0.25, 0.3) is 0 Å². The lowest BCUT2D eigenvalue weighted by Gasteiger charge is -2.43. The molecule has 0 atom stereocenters. The van der Waals surface area contributed by atoms with Crippen molar-refractivity contribution in [3.05, 3.63) is 28.3 Å². The average Bonchev–Trinajstić information content (AvgIpc) is 2.29. The monoisotopic (exact) mass is 266 g/mol. The van der Waals surface area contributed by atoms with Gasteiger partial charge in [0.15, 0.2) is 0 Å². The van der Waals surface area contributed by atoms with E-state index in [0.717, 1.165) is 31.1 Å². The summed E-state index contributed by atoms with van der Waals surface area (Å²) in [6.45, 7) is 8.08. The van der Waals surface area contributed by atoms with Gasteiger partial charge in [0.25, 0.3) is 0 Å². The zero-order valence-electron chi connectivity index (χ0n) is 11.7. The minimum atomic E-state index is 0.174. The Morgan fingerprint density at radius 2 is 1.94 bits per heavy atom. The van der Waals surface area contributed by atoms with Crippen LogP contribution in [0.15, 0.2) is 6.07 Å². The maximum absolute atomic E-state index is 5.49. The van der Waals surface area contributed by atoms with Gasteiger partial charge in [0.05, 0.1) is 20.3 Å². The lowest BCUT2D eigenvalue weighted by Crippen LogP contribution is -2.47. The quantitative estimate of drug-likeness (QED) is 0.844. The molecule has 0 amide bonds. The molecule has 0 bridgehead atoms. The lowest BCUT2D eigenvalue weighted by molar-refractivity contribution is -0.0617. The molecule has 1 fully saturated rings. The summed E-state index contributed by atoms with van der Waals surface area (Å²) in [6, 6.07) is 2.27. The van der Waals surface area contributed by atoms with Gasteiger partial charge in [-0.1, -0.05) is 6.07 Å². The van der Waals surface area contributed by atoms with Gasteiger partial charge < -0.3 is 9.47 Å². The van der Waals surface area contributed by atoms with E-state index in [1.807, 2.05) is 0 Å². The number of benzene rings is 1. The first-order chi connectivity index (χ1) is 8.55. The molecule has 1 saturated heterocycles. The molecule has 0 aliphatic carbocycles. The standard InChI is InChI=1S/C15H22O2S/c1-10-7-13(11(2)12(3)14(10)16-4)15(5-6-18)8-17-9-15/h7,18H,5-6,8-9H2,1-4H3. The van der Waals surface area contributed by atoms with Gasteiger partial charge in [-0.15, -0.1) is 0 Å². The Morgan fingerprint density at radius 1 is 1.28 bits per heavy atom. The number of hydrogen-bond donors (Lipinski definition) is 1. The van der Waals surface area contributed by atoms with Crippen LogP contribution in [0.5, 0.6) is 5.75 Å². The predicted molar refractivity (Wildman–Crippen MR) is 78.2 cm³/mol. The third kappa shape index (κ3) is 2.04. The zero-order chi connectivity index (χ0) is 13.3. The number of methoxy groups -OCH3 is 1. The van der Waals surface area contributed by atoms with E-state index in [2.05, 4.69) is 39.5 Å². The summed E-state index contributed by atoms with van der Waals surface area (Å²) in [4.78, 5) is 0. The fourth-order valence-corrected chi connectivity index (χ4v) is 3.35. The summed E-state index contributed by atoms with van der Waals surface area (Å²) in [6.07, 6.45) is 1.07. The van der Waals surface area contributed by atoms with Gasteiger partial charge in [0.2, 0.25) is 0 Å². The Hall–Kier alpha value is -0.670. The molecule has 1 heterocycles. The number of aryl methyl sites for hydroxylation is 1. The summed E-state index contributed by atoms with van der Waals surface area (Å²) < 4.78 is 11.0. The van der Waals surface area contributed by atoms with Gasteiger partial charge in [-0.3, -0.25) is 0 Å². The summed E-state index contributed by atoms with van der Waals surface area (Å²) in [5.74, 6) is 1.91. The van der Waals surface area contributed by atoms with Crippen molar-refractivity contribution in [2.24, 2.45) is 0 Å². The maximum Gasteiger partial charge on any atom is 0.124 e. The number of hydrogen-bond acceptors (Lipinski definition) is 3. The molecular weight excluding hydrogens is 244 g/mol. The molecule has 1 aromatic rings. The van der Waals surface area contributed by atoms with Gasteiger partial charge in [-0.25, -0.2) is 0 Å². The van der Waals surface area contributed by atoms with Crippen LogP contribution in [0, 0.1) is 20.8 Å². The fraction of sp³-hybridized carbons (Fsp3) is 0.600. The molecule has 100 valence electrons. The van der Waals surface area contributed by atoms with Crippen LogP contribution in [0.2, 0.25) is 0 Å². The minimum absolute atomic E-state index is 0.174. The van der Waals surface area contributed by atoms with Gasteiger partial charge >= 0.3 is 0 Å². The zero-order valence-corrected chi connectivity index (χ0v) is 12.6. The van der Waals surface area contributed by atoms with E-state index < -0.39 is 0 Å². The van der Waals surface area contributed by atoms with Crippen LogP contribution in [0.3, 0.4) is 0 Å². The van der Waals surface area contributed by atoms with Gasteiger partial charge in [-0.05, 0) is 55.2 Å². The Balaban J connectivity index is 2.51. The highest BCUT2D eigenvalue weighted by molar-refractivity contribution is 7.80. The maximum atomic E-state index is 5.49. The van der Waals surface area contributed by atoms with Crippen LogP contribution in [-0.4, -0.2) is 26.1 Å². The molecule has 1 aliphatic rings. The molecule has 18 heavy (non-hydrogen) atoms. The smallest absolute Gasteiger partial charge is 0.124 e. The third-order valence-corrected chi connectivity index (χ3v) is 4.37. The van der Waals surface area contributed by atoms with E-state index in [1.165, 1.54) is 22.3 Å². The highest BCUT2D eigenvalue weighted by atomic mass is 32.1. The van der Waals surface area contributed by atoms with E-state index in [-0.39, 0.29) is 5.41 Å². The summed E-state index contributed by atoms with van der Waals surface area (Å²) >= 11 is 4.40. The Labute approximate surface area is 115 Å². The van der Waals surface area contributed by atoms with Crippen molar-refractivity contribution in [2.45, 2.75) is 32.6 Å². The van der Waals surface area contributed by atoms with Gasteiger partial charge in [0.1, 0.15) is 5.75 Å². The number of rotatable bonds is 4. The van der Waals surface area contributed by atoms with E-state index in [9.17, 15) is 0 Å². The van der Waals surface area contributed by atoms with Gasteiger partial charge in [-0.2, -0.15) is 12.6 Å². The van der Waals surface area contributed by atoms with Crippen molar-refractivity contribution in [3.8, 4) is 5.75 Å². The molecular formula is C15H22O2S. The van der Waals surface area contributed by atoms with Crippen molar-refractivity contribution < 1.29 is 9.47 Å². The average molecular weight is 266 g/mol. The fourth-order valence-electron chi connectivity index (χ4n) is 2.92. The van der Waals surface area contributed by atoms with Crippen molar-refractivity contribution in [1.82, 2.24) is 0 Å². The first-order valence-corrected chi connectivity index (χ1v) is 7.03. The lowest BCUT2D eigenvalue weighted by atomic mass is 9.73. The second-order valence-electron chi connectivity index (χ2n) is 5.27. The van der Waals surface area contributed by atoms with Gasteiger partial charge in [0, 0.05) is 5.41 Å². The van der Waals surface area contributed by atoms with Crippen molar-refractivity contribution in [3.63, 3.8) is 0 Å².